The van der Waals surface area contributed by atoms with E-state index >= 15 is 0 Å². The van der Waals surface area contributed by atoms with Gasteiger partial charge in [-0.05, 0) is 99.8 Å². The highest BCUT2D eigenvalue weighted by Crippen LogP contribution is 2.77. The van der Waals surface area contributed by atoms with Crippen LogP contribution in [0.3, 0.4) is 0 Å². The fourth-order valence-electron chi connectivity index (χ4n) is 12.7. The van der Waals surface area contributed by atoms with Crippen LogP contribution in [0.15, 0.2) is 36.4 Å². The van der Waals surface area contributed by atoms with Gasteiger partial charge in [-0.3, -0.25) is 0 Å². The number of aliphatic hydroxyl groups excluding tert-OH is 1. The lowest BCUT2D eigenvalue weighted by molar-refractivity contribution is -0.274. The van der Waals surface area contributed by atoms with Gasteiger partial charge in [-0.1, -0.05) is 38.6 Å². The first kappa shape index (κ1) is 26.3. The van der Waals surface area contributed by atoms with E-state index in [-0.39, 0.29) is 29.1 Å². The number of allylic oxidation sites excluding steroid dienone is 1. The monoisotopic (exact) mass is 583 g/mol. The van der Waals surface area contributed by atoms with Gasteiger partial charge in [0.2, 0.25) is 0 Å². The van der Waals surface area contributed by atoms with Crippen molar-refractivity contribution in [2.45, 2.75) is 132 Å². The molecule has 2 saturated heterocycles. The van der Waals surface area contributed by atoms with E-state index < -0.39 is 34.9 Å². The number of aromatic amines is 1. The van der Waals surface area contributed by atoms with Crippen LogP contribution in [0.2, 0.25) is 0 Å². The molecule has 3 aliphatic heterocycles. The maximum absolute atomic E-state index is 13.2. The number of hydrogen-bond acceptors (Lipinski definition) is 5. The third-order valence-electron chi connectivity index (χ3n) is 15.0. The first-order valence-electron chi connectivity index (χ1n) is 16.7. The molecule has 1 spiro atoms. The zero-order valence-corrected chi connectivity index (χ0v) is 26.1. The number of aromatic nitrogens is 1. The van der Waals surface area contributed by atoms with Crippen molar-refractivity contribution in [1.82, 2.24) is 4.98 Å². The molecule has 0 amide bonds. The summed E-state index contributed by atoms with van der Waals surface area (Å²) in [6.07, 6.45) is 3.15. The summed E-state index contributed by atoms with van der Waals surface area (Å²) < 4.78 is 20.5. The number of nitrogens with one attached hydrogen (secondary N) is 1. The number of benzene rings is 1. The quantitative estimate of drug-likeness (QED) is 0.287. The summed E-state index contributed by atoms with van der Waals surface area (Å²) in [5.41, 5.74) is 5.78. The molecule has 0 bridgehead atoms. The van der Waals surface area contributed by atoms with Crippen LogP contribution >= 0.6 is 0 Å². The average molecular weight is 584 g/mol. The Morgan fingerprint density at radius 3 is 2.60 bits per heavy atom. The summed E-state index contributed by atoms with van der Waals surface area (Å²) in [4.78, 5) is 4.00. The van der Waals surface area contributed by atoms with Crippen LogP contribution in [-0.2, 0) is 26.0 Å². The molecule has 1 aromatic heterocycles. The van der Waals surface area contributed by atoms with Gasteiger partial charge >= 0.3 is 0 Å². The van der Waals surface area contributed by atoms with Gasteiger partial charge < -0.3 is 29.4 Å². The molecule has 1 aromatic carbocycles. The molecule has 5 fully saturated rings. The van der Waals surface area contributed by atoms with E-state index in [1.54, 1.807) is 5.56 Å². The van der Waals surface area contributed by atoms with Gasteiger partial charge in [-0.15, -0.1) is 0 Å². The minimum atomic E-state index is -1.15. The Kier molecular flexibility index (Phi) is 4.50. The second kappa shape index (κ2) is 7.36. The molecule has 10 rings (SSSR count). The normalized spacial score (nSPS) is 52.6. The molecule has 13 atom stereocenters. The van der Waals surface area contributed by atoms with Crippen LogP contribution < -0.4 is 0 Å². The van der Waals surface area contributed by atoms with E-state index in [0.717, 1.165) is 37.7 Å². The van der Waals surface area contributed by atoms with Crippen LogP contribution in [0.5, 0.6) is 0 Å². The Morgan fingerprint density at radius 2 is 1.84 bits per heavy atom. The summed E-state index contributed by atoms with van der Waals surface area (Å²) in [7, 11) is 0. The molecule has 8 aliphatic rings. The third-order valence-corrected chi connectivity index (χ3v) is 15.0. The number of ether oxygens (including phenoxy) is 3. The topological polar surface area (TPSA) is 87.2 Å². The van der Waals surface area contributed by atoms with E-state index in [0.29, 0.717) is 24.2 Å². The molecule has 2 aromatic rings. The molecular formula is C37H45NO5. The van der Waals surface area contributed by atoms with Crippen LogP contribution in [0.1, 0.15) is 101 Å². The summed E-state index contributed by atoms with van der Waals surface area (Å²) in [5, 5.41) is 26.0. The molecule has 0 radical (unpaired) electrons. The van der Waals surface area contributed by atoms with E-state index in [4.69, 9.17) is 14.2 Å². The zero-order chi connectivity index (χ0) is 29.8. The Balaban J connectivity index is 1.19. The van der Waals surface area contributed by atoms with E-state index in [1.165, 1.54) is 33.3 Å². The number of epoxide rings is 1. The van der Waals surface area contributed by atoms with Crippen molar-refractivity contribution in [3.8, 4) is 0 Å². The van der Waals surface area contributed by atoms with Crippen molar-refractivity contribution in [1.29, 1.82) is 0 Å². The minimum absolute atomic E-state index is 0.0334. The zero-order valence-electron chi connectivity index (χ0n) is 26.1. The maximum atomic E-state index is 13.2. The molecule has 5 aliphatic carbocycles. The second-order valence-corrected chi connectivity index (χ2v) is 16.7. The molecule has 0 unspecified atom stereocenters. The Hall–Kier alpha value is -1.96. The molecule has 6 nitrogen and oxygen atoms in total. The molecule has 43 heavy (non-hydrogen) atoms. The summed E-state index contributed by atoms with van der Waals surface area (Å²) in [6.45, 7) is 19.9. The van der Waals surface area contributed by atoms with Gasteiger partial charge in [0.15, 0.2) is 5.60 Å². The van der Waals surface area contributed by atoms with Crippen molar-refractivity contribution in [3.63, 3.8) is 0 Å². The molecule has 228 valence electrons. The fraction of sp³-hybridized carbons (Fsp3) is 0.676. The maximum Gasteiger partial charge on any atom is 0.153 e. The third kappa shape index (κ3) is 2.51. The number of hydrogen-bond donors (Lipinski definition) is 3. The summed E-state index contributed by atoms with van der Waals surface area (Å²) >= 11 is 0. The van der Waals surface area contributed by atoms with Crippen molar-refractivity contribution in [2.24, 2.45) is 23.2 Å². The van der Waals surface area contributed by atoms with Crippen LogP contribution in [0, 0.1) is 23.2 Å². The molecule has 3 saturated carbocycles. The van der Waals surface area contributed by atoms with Gasteiger partial charge in [0, 0.05) is 38.9 Å². The molecular weight excluding hydrogens is 538 g/mol. The first-order chi connectivity index (χ1) is 20.3. The van der Waals surface area contributed by atoms with Crippen LogP contribution in [0.25, 0.3) is 10.9 Å². The van der Waals surface area contributed by atoms with E-state index in [1.807, 2.05) is 6.92 Å². The number of H-pyrrole nitrogens is 1. The highest BCUT2D eigenvalue weighted by molar-refractivity contribution is 5.92. The Bertz CT molecular complexity index is 1690. The Morgan fingerprint density at radius 1 is 1.05 bits per heavy atom. The SMILES string of the molecule is C=C1Cc2ccc3[nH]c4c5c3c2[C@H]2[C@@H]1C[C@@H]2C(C)(C)O[C@H]5[C@@H]1CC[C@@]2(O)[C@@]35O[C@@H]3[C@@H](O)[C@@H](C(=C)C)O[C@H]5CC[C@]2(C)[C@@]41C. The van der Waals surface area contributed by atoms with Crippen LogP contribution in [0.4, 0.5) is 0 Å². The standard InChI is InChI=1S/C37H45NO5/c1-16(2)29-28(39)32-37(43-32)23(41-29)11-12-34(6)35(7)20(10-13-36(34,37)40)30-27-26-22(38-31(27)35)9-8-18-14-17(3)19-15-21(25(19)24(18)26)33(4,5)42-30/h8-9,19-21,23,25,28-30,32,38-40H,1,3,10-15H2,2,4-7H3/t19-,20+,21+,23+,25+,28+,29-,30+,32-,34-,35-,36+,37+/m1/s1. The smallest absolute Gasteiger partial charge is 0.153 e. The lowest BCUT2D eigenvalue weighted by Crippen LogP contribution is -2.76. The molecule has 3 N–H and O–H groups in total. The second-order valence-electron chi connectivity index (χ2n) is 16.7. The molecule has 4 heterocycles. The lowest BCUT2D eigenvalue weighted by Gasteiger charge is -2.66. The predicted octanol–water partition coefficient (Wildman–Crippen LogP) is 5.90. The first-order valence-corrected chi connectivity index (χ1v) is 16.7. The van der Waals surface area contributed by atoms with Crippen molar-refractivity contribution >= 4 is 10.9 Å². The lowest BCUT2D eigenvalue weighted by atomic mass is 9.40. The van der Waals surface area contributed by atoms with E-state index in [9.17, 15) is 10.2 Å². The van der Waals surface area contributed by atoms with Gasteiger partial charge in [-0.25, -0.2) is 0 Å². The average Bonchev–Trinajstić information content (AvgIpc) is 3.51. The van der Waals surface area contributed by atoms with Gasteiger partial charge in [0.25, 0.3) is 0 Å². The fourth-order valence-corrected chi connectivity index (χ4v) is 12.7. The highest BCUT2D eigenvalue weighted by Gasteiger charge is 2.86. The summed E-state index contributed by atoms with van der Waals surface area (Å²) in [5.74, 6) is 1.68. The van der Waals surface area contributed by atoms with Gasteiger partial charge in [0.1, 0.15) is 23.9 Å². The van der Waals surface area contributed by atoms with Crippen molar-refractivity contribution in [2.75, 3.05) is 0 Å². The Labute approximate surface area is 253 Å². The molecule has 6 heteroatoms. The largest absolute Gasteiger partial charge is 0.387 e. The summed E-state index contributed by atoms with van der Waals surface area (Å²) in [6, 6.07) is 4.63. The van der Waals surface area contributed by atoms with Crippen molar-refractivity contribution < 1.29 is 24.4 Å². The minimum Gasteiger partial charge on any atom is -0.387 e. The van der Waals surface area contributed by atoms with Crippen LogP contribution in [-0.4, -0.2) is 56.4 Å². The predicted molar refractivity (Wildman–Crippen MR) is 163 cm³/mol. The van der Waals surface area contributed by atoms with Gasteiger partial charge in [-0.2, -0.15) is 0 Å². The van der Waals surface area contributed by atoms with E-state index in [2.05, 4.69) is 58.0 Å². The highest BCUT2D eigenvalue weighted by atomic mass is 16.7. The number of rotatable bonds is 1. The van der Waals surface area contributed by atoms with Crippen molar-refractivity contribution in [3.05, 3.63) is 58.8 Å². The number of aliphatic hydroxyl groups is 2. The number of fused-ring (bicyclic) bond motifs is 5. The van der Waals surface area contributed by atoms with Gasteiger partial charge in [0.05, 0.1) is 17.8 Å².